The number of benzene rings is 1. The first-order chi connectivity index (χ1) is 13.2. The van der Waals surface area contributed by atoms with Gasteiger partial charge in [0.05, 0.1) is 13.4 Å². The normalized spacial score (nSPS) is 11.4. The van der Waals surface area contributed by atoms with Crippen molar-refractivity contribution in [3.63, 3.8) is 0 Å². The molecule has 5 nitrogen and oxygen atoms in total. The first-order valence-electron chi connectivity index (χ1n) is 8.96. The van der Waals surface area contributed by atoms with Gasteiger partial charge in [0.1, 0.15) is 0 Å². The summed E-state index contributed by atoms with van der Waals surface area (Å²) in [6, 6.07) is 15.9. The van der Waals surface area contributed by atoms with Crippen molar-refractivity contribution in [1.29, 1.82) is 0 Å². The lowest BCUT2D eigenvalue weighted by atomic mass is 10.1. The van der Waals surface area contributed by atoms with Gasteiger partial charge in [-0.15, -0.1) is 0 Å². The summed E-state index contributed by atoms with van der Waals surface area (Å²) in [5, 5.41) is 1.01. The fourth-order valence-corrected chi connectivity index (χ4v) is 3.21. The number of hydrogen-bond acceptors (Lipinski definition) is 5. The summed E-state index contributed by atoms with van der Waals surface area (Å²) in [5.41, 5.74) is 3.02. The molecule has 0 N–H and O–H groups in total. The molecule has 0 radical (unpaired) electrons. The molecule has 1 aromatic carbocycles. The van der Waals surface area contributed by atoms with E-state index in [1.807, 2.05) is 42.6 Å². The number of methoxy groups -OCH3 is 1. The van der Waals surface area contributed by atoms with Crippen molar-refractivity contribution >= 4 is 11.0 Å². The van der Waals surface area contributed by atoms with Crippen LogP contribution in [0.15, 0.2) is 69.8 Å². The van der Waals surface area contributed by atoms with E-state index in [9.17, 15) is 0 Å². The van der Waals surface area contributed by atoms with E-state index in [2.05, 4.69) is 29.1 Å². The molecule has 0 aliphatic heterocycles. The first kappa shape index (κ1) is 17.4. The monoisotopic (exact) mass is 362 g/mol. The molecule has 27 heavy (non-hydrogen) atoms. The number of rotatable bonds is 7. The van der Waals surface area contributed by atoms with Gasteiger partial charge in [0.25, 0.3) is 0 Å². The molecule has 3 aromatic heterocycles. The second kappa shape index (κ2) is 7.68. The Labute approximate surface area is 158 Å². The maximum Gasteiger partial charge on any atom is 0.176 e. The highest BCUT2D eigenvalue weighted by Crippen LogP contribution is 2.35. The molecule has 0 fully saturated rings. The Kier molecular flexibility index (Phi) is 4.94. The molecule has 3 heterocycles. The molecule has 4 aromatic rings. The third kappa shape index (κ3) is 3.88. The van der Waals surface area contributed by atoms with E-state index < -0.39 is 0 Å². The van der Waals surface area contributed by atoms with Crippen molar-refractivity contribution in [3.8, 4) is 17.3 Å². The minimum atomic E-state index is 0.703. The predicted molar refractivity (Wildman–Crippen MR) is 105 cm³/mol. The van der Waals surface area contributed by atoms with Gasteiger partial charge >= 0.3 is 0 Å². The van der Waals surface area contributed by atoms with Crippen molar-refractivity contribution < 1.29 is 13.6 Å². The van der Waals surface area contributed by atoms with Gasteiger partial charge in [-0.1, -0.05) is 6.07 Å². The average molecular weight is 362 g/mol. The van der Waals surface area contributed by atoms with E-state index in [0.29, 0.717) is 11.5 Å². The third-order valence-corrected chi connectivity index (χ3v) is 4.55. The lowest BCUT2D eigenvalue weighted by molar-refractivity contribution is 0.329. The summed E-state index contributed by atoms with van der Waals surface area (Å²) in [6.07, 6.45) is 4.40. The van der Waals surface area contributed by atoms with Crippen LogP contribution in [0.25, 0.3) is 22.5 Å². The summed E-state index contributed by atoms with van der Waals surface area (Å²) in [7, 11) is 3.78. The Hall–Kier alpha value is -3.05. The highest BCUT2D eigenvalue weighted by atomic mass is 16.5. The lowest BCUT2D eigenvalue weighted by Crippen LogP contribution is -2.21. The van der Waals surface area contributed by atoms with Crippen LogP contribution in [0.3, 0.4) is 0 Å². The molecule has 0 atom stereocenters. The second-order valence-corrected chi connectivity index (χ2v) is 6.61. The van der Waals surface area contributed by atoms with Gasteiger partial charge in [0, 0.05) is 36.8 Å². The third-order valence-electron chi connectivity index (χ3n) is 4.55. The number of likely N-dealkylation sites (N-methyl/N-ethyl adjacent to an activating group) is 1. The molecule has 0 aliphatic carbocycles. The van der Waals surface area contributed by atoms with Crippen molar-refractivity contribution in [2.24, 2.45) is 0 Å². The Morgan fingerprint density at radius 1 is 1.07 bits per heavy atom. The molecule has 0 unspecified atom stereocenters. The van der Waals surface area contributed by atoms with Crippen LogP contribution in [0.5, 0.6) is 5.75 Å². The van der Waals surface area contributed by atoms with Gasteiger partial charge in [0.15, 0.2) is 22.9 Å². The van der Waals surface area contributed by atoms with Crippen LogP contribution in [-0.4, -0.2) is 30.6 Å². The van der Waals surface area contributed by atoms with Crippen molar-refractivity contribution in [3.05, 3.63) is 72.2 Å². The quantitative estimate of drug-likeness (QED) is 0.474. The summed E-state index contributed by atoms with van der Waals surface area (Å²) in [5.74, 6) is 2.15. The molecule has 0 amide bonds. The fraction of sp³-hybridized carbons (Fsp3) is 0.227. The number of hydrogen-bond donors (Lipinski definition) is 0. The van der Waals surface area contributed by atoms with Gasteiger partial charge in [0.2, 0.25) is 0 Å². The summed E-state index contributed by atoms with van der Waals surface area (Å²) < 4.78 is 17.0. The van der Waals surface area contributed by atoms with Crippen LogP contribution in [0, 0.1) is 0 Å². The molecule has 0 aliphatic rings. The summed E-state index contributed by atoms with van der Waals surface area (Å²) >= 11 is 0. The minimum absolute atomic E-state index is 0.703. The zero-order valence-corrected chi connectivity index (χ0v) is 15.5. The molecule has 5 heteroatoms. The molecule has 138 valence electrons. The minimum Gasteiger partial charge on any atom is -0.493 e. The van der Waals surface area contributed by atoms with Gasteiger partial charge in [-0.3, -0.25) is 4.98 Å². The van der Waals surface area contributed by atoms with Crippen LogP contribution in [0.2, 0.25) is 0 Å². The number of fused-ring (bicyclic) bond motifs is 1. The molecule has 0 saturated carbocycles. The fourth-order valence-electron chi connectivity index (χ4n) is 3.21. The van der Waals surface area contributed by atoms with E-state index in [0.717, 1.165) is 41.9 Å². The SMILES string of the molecule is COc1cc(CN(C)CCc2ccccn2)cc2cc(-c3ccco3)oc12. The largest absolute Gasteiger partial charge is 0.493 e. The molecule has 0 bridgehead atoms. The van der Waals surface area contributed by atoms with Gasteiger partial charge in [-0.25, -0.2) is 0 Å². The standard InChI is InChI=1S/C22H22N2O3/c1-24(10-8-18-6-3-4-9-23-18)15-16-12-17-14-20(19-7-5-11-26-19)27-22(17)21(13-16)25-2/h3-7,9,11-14H,8,10,15H2,1-2H3. The van der Waals surface area contributed by atoms with Crippen molar-refractivity contribution in [2.75, 3.05) is 20.7 Å². The smallest absolute Gasteiger partial charge is 0.176 e. The zero-order valence-electron chi connectivity index (χ0n) is 15.5. The average Bonchev–Trinajstić information content (AvgIpc) is 3.36. The lowest BCUT2D eigenvalue weighted by Gasteiger charge is -2.17. The van der Waals surface area contributed by atoms with E-state index >= 15 is 0 Å². The zero-order chi connectivity index (χ0) is 18.6. The van der Waals surface area contributed by atoms with Crippen LogP contribution >= 0.6 is 0 Å². The van der Waals surface area contributed by atoms with Crippen molar-refractivity contribution in [1.82, 2.24) is 9.88 Å². The van der Waals surface area contributed by atoms with Crippen LogP contribution in [0.4, 0.5) is 0 Å². The van der Waals surface area contributed by atoms with Crippen LogP contribution in [0.1, 0.15) is 11.3 Å². The van der Waals surface area contributed by atoms with E-state index in [4.69, 9.17) is 13.6 Å². The Balaban J connectivity index is 1.53. The number of ether oxygens (including phenoxy) is 1. The molecule has 0 saturated heterocycles. The van der Waals surface area contributed by atoms with Gasteiger partial charge in [-0.05, 0) is 55.1 Å². The van der Waals surface area contributed by atoms with Crippen LogP contribution in [-0.2, 0) is 13.0 Å². The van der Waals surface area contributed by atoms with E-state index in [1.54, 1.807) is 13.4 Å². The van der Waals surface area contributed by atoms with E-state index in [-0.39, 0.29) is 0 Å². The molecular weight excluding hydrogens is 340 g/mol. The van der Waals surface area contributed by atoms with Crippen molar-refractivity contribution in [2.45, 2.75) is 13.0 Å². The Bertz CT molecular complexity index is 1010. The summed E-state index contributed by atoms with van der Waals surface area (Å²) in [6.45, 7) is 1.75. The summed E-state index contributed by atoms with van der Waals surface area (Å²) in [4.78, 5) is 6.67. The number of pyridine rings is 1. The number of nitrogens with zero attached hydrogens (tertiary/aromatic N) is 2. The van der Waals surface area contributed by atoms with E-state index in [1.165, 1.54) is 5.56 Å². The first-order valence-corrected chi connectivity index (χ1v) is 8.96. The maximum atomic E-state index is 5.96. The van der Waals surface area contributed by atoms with Gasteiger partial charge < -0.3 is 18.5 Å². The predicted octanol–water partition coefficient (Wildman–Crippen LogP) is 4.77. The Morgan fingerprint density at radius 3 is 2.74 bits per heavy atom. The highest BCUT2D eigenvalue weighted by Gasteiger charge is 2.14. The van der Waals surface area contributed by atoms with Crippen LogP contribution < -0.4 is 4.74 Å². The molecule has 0 spiro atoms. The second-order valence-electron chi connectivity index (χ2n) is 6.61. The maximum absolute atomic E-state index is 5.96. The number of aromatic nitrogens is 1. The Morgan fingerprint density at radius 2 is 2.00 bits per heavy atom. The molecular formula is C22H22N2O3. The molecule has 4 rings (SSSR count). The highest BCUT2D eigenvalue weighted by molar-refractivity contribution is 5.87. The number of furan rings is 2. The van der Waals surface area contributed by atoms with Gasteiger partial charge in [-0.2, -0.15) is 0 Å². The topological polar surface area (TPSA) is 51.6 Å².